The molecule has 0 unspecified atom stereocenters. The van der Waals surface area contributed by atoms with Gasteiger partial charge in [0.1, 0.15) is 11.9 Å². The van der Waals surface area contributed by atoms with E-state index >= 15 is 0 Å². The number of hydrogen-bond acceptors (Lipinski definition) is 3. The maximum absolute atomic E-state index is 12.6. The molecule has 1 aromatic carbocycles. The van der Waals surface area contributed by atoms with Crippen molar-refractivity contribution in [2.45, 2.75) is 12.5 Å². The molecule has 0 heterocycles. The first kappa shape index (κ1) is 15.4. The van der Waals surface area contributed by atoms with Crippen LogP contribution in [-0.4, -0.2) is 34.1 Å². The first-order chi connectivity index (χ1) is 9.38. The Kier molecular flexibility index (Phi) is 5.40. The summed E-state index contributed by atoms with van der Waals surface area (Å²) < 4.78 is 12.6. The second-order valence-corrected chi connectivity index (χ2v) is 3.88. The summed E-state index contributed by atoms with van der Waals surface area (Å²) >= 11 is 0. The Morgan fingerprint density at radius 1 is 1.20 bits per heavy atom. The van der Waals surface area contributed by atoms with Crippen molar-refractivity contribution in [2.75, 3.05) is 0 Å². The second kappa shape index (κ2) is 7.03. The highest BCUT2D eigenvalue weighted by Crippen LogP contribution is 2.04. The number of carboxylic acid groups (broad SMARTS) is 2. The van der Waals surface area contributed by atoms with Crippen LogP contribution < -0.4 is 5.32 Å². The average molecular weight is 281 g/mol. The third-order valence-electron chi connectivity index (χ3n) is 2.29. The quantitative estimate of drug-likeness (QED) is 0.672. The number of amides is 1. The van der Waals surface area contributed by atoms with Crippen LogP contribution in [0.25, 0.3) is 6.08 Å². The number of benzene rings is 1. The highest BCUT2D eigenvalue weighted by atomic mass is 19.1. The Hall–Kier alpha value is -2.70. The summed E-state index contributed by atoms with van der Waals surface area (Å²) in [5.41, 5.74) is 0.548. The molecule has 0 bridgehead atoms. The topological polar surface area (TPSA) is 104 Å². The van der Waals surface area contributed by atoms with Gasteiger partial charge < -0.3 is 15.5 Å². The van der Waals surface area contributed by atoms with E-state index in [1.54, 1.807) is 0 Å². The van der Waals surface area contributed by atoms with Gasteiger partial charge in [0.15, 0.2) is 0 Å². The smallest absolute Gasteiger partial charge is 0.326 e. The van der Waals surface area contributed by atoms with Crippen LogP contribution in [0.5, 0.6) is 0 Å². The summed E-state index contributed by atoms with van der Waals surface area (Å²) in [7, 11) is 0. The molecule has 6 nitrogen and oxygen atoms in total. The first-order valence-electron chi connectivity index (χ1n) is 5.57. The van der Waals surface area contributed by atoms with Gasteiger partial charge in [-0.3, -0.25) is 9.59 Å². The zero-order valence-electron chi connectivity index (χ0n) is 10.2. The number of hydrogen-bond donors (Lipinski definition) is 3. The molecule has 1 rings (SSSR count). The highest BCUT2D eigenvalue weighted by molar-refractivity contribution is 5.95. The zero-order chi connectivity index (χ0) is 15.1. The van der Waals surface area contributed by atoms with Gasteiger partial charge in [-0.2, -0.15) is 0 Å². The van der Waals surface area contributed by atoms with Gasteiger partial charge in [-0.1, -0.05) is 12.1 Å². The minimum absolute atomic E-state index is 0.418. The van der Waals surface area contributed by atoms with Crippen LogP contribution >= 0.6 is 0 Å². The lowest BCUT2D eigenvalue weighted by Crippen LogP contribution is -2.41. The van der Waals surface area contributed by atoms with Gasteiger partial charge in [-0.05, 0) is 23.8 Å². The van der Waals surface area contributed by atoms with Crippen LogP contribution in [0.1, 0.15) is 12.0 Å². The molecule has 7 heteroatoms. The Morgan fingerprint density at radius 2 is 1.80 bits per heavy atom. The van der Waals surface area contributed by atoms with Crippen molar-refractivity contribution in [1.29, 1.82) is 0 Å². The lowest BCUT2D eigenvalue weighted by Gasteiger charge is -2.10. The Bertz CT molecular complexity index is 538. The average Bonchev–Trinajstić information content (AvgIpc) is 2.36. The SMILES string of the molecule is O=C(O)C[C@H](NC(=O)/C=C/c1ccc(F)cc1)C(=O)O. The molecule has 0 radical (unpaired) electrons. The van der Waals surface area contributed by atoms with Crippen LogP contribution in [0, 0.1) is 5.82 Å². The molecule has 1 atom stereocenters. The van der Waals surface area contributed by atoms with E-state index in [1.807, 2.05) is 5.32 Å². The number of nitrogens with one attached hydrogen (secondary N) is 1. The Morgan fingerprint density at radius 3 is 2.30 bits per heavy atom. The predicted molar refractivity (Wildman–Crippen MR) is 67.3 cm³/mol. The van der Waals surface area contributed by atoms with Crippen molar-refractivity contribution < 1.29 is 29.0 Å². The third-order valence-corrected chi connectivity index (χ3v) is 2.29. The molecule has 0 aliphatic rings. The monoisotopic (exact) mass is 281 g/mol. The molecule has 0 fully saturated rings. The molecule has 106 valence electrons. The third kappa shape index (κ3) is 5.30. The summed E-state index contributed by atoms with van der Waals surface area (Å²) in [6, 6.07) is 3.79. The minimum Gasteiger partial charge on any atom is -0.481 e. The summed E-state index contributed by atoms with van der Waals surface area (Å²) in [6.07, 6.45) is 1.69. The summed E-state index contributed by atoms with van der Waals surface area (Å²) in [4.78, 5) is 32.6. The van der Waals surface area contributed by atoms with E-state index in [-0.39, 0.29) is 0 Å². The molecule has 1 aromatic rings. The summed E-state index contributed by atoms with van der Waals surface area (Å²) in [6.45, 7) is 0. The summed E-state index contributed by atoms with van der Waals surface area (Å²) in [5.74, 6) is -3.93. The zero-order valence-corrected chi connectivity index (χ0v) is 10.2. The van der Waals surface area contributed by atoms with Crippen molar-refractivity contribution in [3.8, 4) is 0 Å². The molecule has 0 spiro atoms. The van der Waals surface area contributed by atoms with Crippen LogP contribution in [-0.2, 0) is 14.4 Å². The van der Waals surface area contributed by atoms with E-state index in [4.69, 9.17) is 10.2 Å². The van der Waals surface area contributed by atoms with Crippen LogP contribution in [0.3, 0.4) is 0 Å². The molecule has 0 saturated carbocycles. The lowest BCUT2D eigenvalue weighted by molar-refractivity contribution is -0.146. The lowest BCUT2D eigenvalue weighted by atomic mass is 10.2. The fourth-order valence-corrected chi connectivity index (χ4v) is 1.34. The number of aliphatic carboxylic acids is 2. The number of halogens is 1. The van der Waals surface area contributed by atoms with Crippen LogP contribution in [0.2, 0.25) is 0 Å². The number of carboxylic acids is 2. The van der Waals surface area contributed by atoms with Gasteiger partial charge in [0.2, 0.25) is 5.91 Å². The Labute approximate surface area is 113 Å². The van der Waals surface area contributed by atoms with E-state index in [9.17, 15) is 18.8 Å². The molecular formula is C13H12FNO5. The van der Waals surface area contributed by atoms with Crippen molar-refractivity contribution in [3.63, 3.8) is 0 Å². The van der Waals surface area contributed by atoms with Crippen molar-refractivity contribution in [2.24, 2.45) is 0 Å². The van der Waals surface area contributed by atoms with Crippen LogP contribution in [0.15, 0.2) is 30.3 Å². The number of carbonyl (C=O) groups is 3. The molecule has 0 aliphatic heterocycles. The van der Waals surface area contributed by atoms with Crippen molar-refractivity contribution in [3.05, 3.63) is 41.7 Å². The molecular weight excluding hydrogens is 269 g/mol. The summed E-state index contributed by atoms with van der Waals surface area (Å²) in [5, 5.41) is 19.3. The van der Waals surface area contributed by atoms with E-state index < -0.39 is 36.1 Å². The van der Waals surface area contributed by atoms with E-state index in [0.29, 0.717) is 5.56 Å². The maximum Gasteiger partial charge on any atom is 0.326 e. The largest absolute Gasteiger partial charge is 0.481 e. The van der Waals surface area contributed by atoms with Gasteiger partial charge >= 0.3 is 11.9 Å². The van der Waals surface area contributed by atoms with Gasteiger partial charge in [0.05, 0.1) is 6.42 Å². The van der Waals surface area contributed by atoms with Crippen molar-refractivity contribution in [1.82, 2.24) is 5.32 Å². The van der Waals surface area contributed by atoms with Gasteiger partial charge in [-0.15, -0.1) is 0 Å². The molecule has 0 aromatic heterocycles. The molecule has 3 N–H and O–H groups in total. The van der Waals surface area contributed by atoms with E-state index in [0.717, 1.165) is 6.08 Å². The molecule has 1 amide bonds. The minimum atomic E-state index is -1.50. The highest BCUT2D eigenvalue weighted by Gasteiger charge is 2.21. The van der Waals surface area contributed by atoms with Crippen LogP contribution in [0.4, 0.5) is 4.39 Å². The predicted octanol–water partition coefficient (Wildman–Crippen LogP) is 0.883. The van der Waals surface area contributed by atoms with E-state index in [2.05, 4.69) is 0 Å². The standard InChI is InChI=1S/C13H12FNO5/c14-9-4-1-8(2-5-9)3-6-11(16)15-10(13(19)20)7-12(17)18/h1-6,10H,7H2,(H,15,16)(H,17,18)(H,19,20)/b6-3+/t10-/m0/s1. The molecule has 20 heavy (non-hydrogen) atoms. The fraction of sp³-hybridized carbons (Fsp3) is 0.154. The second-order valence-electron chi connectivity index (χ2n) is 3.88. The number of rotatable bonds is 6. The van der Waals surface area contributed by atoms with Crippen molar-refractivity contribution >= 4 is 23.9 Å². The normalized spacial score (nSPS) is 12.1. The fourth-order valence-electron chi connectivity index (χ4n) is 1.34. The molecule has 0 saturated heterocycles. The number of carbonyl (C=O) groups excluding carboxylic acids is 1. The Balaban J connectivity index is 2.63. The van der Waals surface area contributed by atoms with E-state index in [1.165, 1.54) is 30.3 Å². The van der Waals surface area contributed by atoms with Gasteiger partial charge in [0, 0.05) is 6.08 Å². The maximum atomic E-state index is 12.6. The first-order valence-corrected chi connectivity index (χ1v) is 5.57. The van der Waals surface area contributed by atoms with Gasteiger partial charge in [-0.25, -0.2) is 9.18 Å². The van der Waals surface area contributed by atoms with Gasteiger partial charge in [0.25, 0.3) is 0 Å². The molecule has 0 aliphatic carbocycles.